The number of Topliss-reactive ketones (excluding diaryl/α,β-unsaturated/α-hetero) is 1. The van der Waals surface area contributed by atoms with Crippen LogP contribution in [0, 0.1) is 28.6 Å². The van der Waals surface area contributed by atoms with Crippen LogP contribution in [0.1, 0.15) is 46.5 Å². The Balaban J connectivity index is 1.81. The van der Waals surface area contributed by atoms with Gasteiger partial charge >= 0.3 is 0 Å². The molecule has 0 aliphatic heterocycles. The highest BCUT2D eigenvalue weighted by atomic mass is 127. The first-order valence-corrected chi connectivity index (χ1v) is 10.8. The second-order valence-electron chi connectivity index (χ2n) is 9.26. The van der Waals surface area contributed by atoms with Gasteiger partial charge in [0.15, 0.2) is 11.6 Å². The van der Waals surface area contributed by atoms with Crippen LogP contribution < -0.4 is 0 Å². The van der Waals surface area contributed by atoms with Gasteiger partial charge in [-0.2, -0.15) is 0 Å². The molecule has 8 atom stereocenters. The molecule has 3 saturated carbocycles. The zero-order chi connectivity index (χ0) is 19.1. The van der Waals surface area contributed by atoms with E-state index >= 15 is 0 Å². The van der Waals surface area contributed by atoms with E-state index in [-0.39, 0.29) is 38.7 Å². The predicted octanol–water partition coefficient (Wildman–Crippen LogP) is 3.00. The zero-order valence-corrected chi connectivity index (χ0v) is 17.7. The van der Waals surface area contributed by atoms with E-state index in [9.17, 15) is 19.8 Å². The molecule has 4 aliphatic rings. The van der Waals surface area contributed by atoms with Gasteiger partial charge in [-0.05, 0) is 56.6 Å². The van der Waals surface area contributed by atoms with Gasteiger partial charge in [-0.3, -0.25) is 9.59 Å². The number of aliphatic hydroxyl groups is 2. The number of rotatable bonds is 1. The molecule has 142 valence electrons. The third-order valence-corrected chi connectivity index (χ3v) is 9.49. The summed E-state index contributed by atoms with van der Waals surface area (Å²) in [5, 5.41) is 22.5. The van der Waals surface area contributed by atoms with Gasteiger partial charge in [0.2, 0.25) is 0 Å². The molecule has 0 radical (unpaired) electrons. The first-order valence-electron chi connectivity index (χ1n) is 9.54. The number of aliphatic hydroxyl groups excluding tert-OH is 1. The molecule has 4 nitrogen and oxygen atoms in total. The molecule has 3 fully saturated rings. The molecule has 0 saturated heterocycles. The maximum absolute atomic E-state index is 12.3. The van der Waals surface area contributed by atoms with Crippen molar-refractivity contribution in [3.63, 3.8) is 0 Å². The van der Waals surface area contributed by atoms with Gasteiger partial charge in [-0.25, -0.2) is 0 Å². The molecule has 2 unspecified atom stereocenters. The maximum Gasteiger partial charge on any atom is 0.178 e. The van der Waals surface area contributed by atoms with Gasteiger partial charge in [0.1, 0.15) is 5.60 Å². The van der Waals surface area contributed by atoms with Gasteiger partial charge in [0.05, 0.1) is 6.10 Å². The first kappa shape index (κ1) is 18.8. The molecule has 0 bridgehead atoms. The number of alkyl halides is 1. The van der Waals surface area contributed by atoms with Gasteiger partial charge in [0, 0.05) is 20.7 Å². The van der Waals surface area contributed by atoms with E-state index in [1.807, 2.05) is 13.0 Å². The van der Waals surface area contributed by atoms with Crippen LogP contribution in [0.5, 0.6) is 0 Å². The summed E-state index contributed by atoms with van der Waals surface area (Å²) in [5.41, 5.74) is -1.13. The average molecular weight is 470 g/mol. The van der Waals surface area contributed by atoms with Crippen molar-refractivity contribution in [3.05, 3.63) is 23.8 Å². The Bertz CT molecular complexity index is 742. The number of fused-ring (bicyclic) bond motifs is 5. The third kappa shape index (κ3) is 2.20. The van der Waals surface area contributed by atoms with Crippen LogP contribution >= 0.6 is 22.6 Å². The summed E-state index contributed by atoms with van der Waals surface area (Å²) in [4.78, 5) is 24.2. The second-order valence-corrected chi connectivity index (χ2v) is 10.9. The summed E-state index contributed by atoms with van der Waals surface area (Å²) in [6.07, 6.45) is 7.33. The molecule has 0 aromatic carbocycles. The number of carbonyl (C=O) groups is 2. The van der Waals surface area contributed by atoms with Crippen LogP contribution in [-0.4, -0.2) is 37.4 Å². The normalized spacial score (nSPS) is 52.8. The summed E-state index contributed by atoms with van der Waals surface area (Å²) in [6.45, 7) is 5.62. The van der Waals surface area contributed by atoms with E-state index in [2.05, 4.69) is 29.5 Å². The number of halogens is 1. The van der Waals surface area contributed by atoms with Gasteiger partial charge < -0.3 is 10.2 Å². The molecule has 2 N–H and O–H groups in total. The average Bonchev–Trinajstić information content (AvgIpc) is 2.81. The molecular formula is C21H27IO4. The lowest BCUT2D eigenvalue weighted by atomic mass is 9.46. The summed E-state index contributed by atoms with van der Waals surface area (Å²) >= 11 is 2.46. The number of hydrogen-bond donors (Lipinski definition) is 2. The molecule has 4 rings (SSSR count). The molecule has 0 aromatic heterocycles. The molecule has 0 amide bonds. The quantitative estimate of drug-likeness (QED) is 0.457. The van der Waals surface area contributed by atoms with E-state index < -0.39 is 17.1 Å². The predicted molar refractivity (Wildman–Crippen MR) is 107 cm³/mol. The van der Waals surface area contributed by atoms with Crippen LogP contribution in [-0.2, 0) is 9.59 Å². The minimum Gasteiger partial charge on any atom is -0.393 e. The summed E-state index contributed by atoms with van der Waals surface area (Å²) in [7, 11) is 0. The first-order chi connectivity index (χ1) is 12.0. The molecule has 5 heteroatoms. The van der Waals surface area contributed by atoms with Gasteiger partial charge in [0.25, 0.3) is 0 Å². The summed E-state index contributed by atoms with van der Waals surface area (Å²) < 4.78 is 0.282. The fraction of sp³-hybridized carbons (Fsp3) is 0.714. The Kier molecular flexibility index (Phi) is 4.15. The Morgan fingerprint density at radius 2 is 2.04 bits per heavy atom. The Morgan fingerprint density at radius 3 is 2.69 bits per heavy atom. The van der Waals surface area contributed by atoms with Crippen LogP contribution in [0.3, 0.4) is 0 Å². The van der Waals surface area contributed by atoms with E-state index in [1.54, 1.807) is 12.2 Å². The molecular weight excluding hydrogens is 443 g/mol. The van der Waals surface area contributed by atoms with Crippen LogP contribution in [0.2, 0.25) is 0 Å². The monoisotopic (exact) mass is 470 g/mol. The van der Waals surface area contributed by atoms with Crippen molar-refractivity contribution in [2.75, 3.05) is 0 Å². The van der Waals surface area contributed by atoms with E-state index in [4.69, 9.17) is 0 Å². The van der Waals surface area contributed by atoms with Crippen molar-refractivity contribution in [1.82, 2.24) is 0 Å². The van der Waals surface area contributed by atoms with E-state index in [1.165, 1.54) is 6.92 Å². The lowest BCUT2D eigenvalue weighted by Crippen LogP contribution is -2.62. The van der Waals surface area contributed by atoms with Crippen LogP contribution in [0.15, 0.2) is 23.8 Å². The lowest BCUT2D eigenvalue weighted by Gasteiger charge is -2.60. The zero-order valence-electron chi connectivity index (χ0n) is 15.5. The highest BCUT2D eigenvalue weighted by Gasteiger charge is 2.68. The molecule has 4 aliphatic carbocycles. The van der Waals surface area contributed by atoms with Gasteiger partial charge in [-0.1, -0.05) is 48.1 Å². The SMILES string of the molecule is CC(=O)[C@@]1(O)CC[C@H]2[C@@H]3C(I)CC4=CC(=O)C=C[C@]4(C)[C@H]3C(O)C[C@@]21C. The Hall–Kier alpha value is -0.530. The molecule has 0 heterocycles. The molecule has 26 heavy (non-hydrogen) atoms. The smallest absolute Gasteiger partial charge is 0.178 e. The number of allylic oxidation sites excluding steroid dienone is 4. The Morgan fingerprint density at radius 1 is 1.35 bits per heavy atom. The standard InChI is InChI=1S/C21H27IO4/c1-11(23)21(26)7-5-14-17-15(22)9-12-8-13(24)4-6-19(12,2)18(17)16(25)10-20(14,21)3/h4,6,8,14-18,25-26H,5,7,9-10H2,1-3H3/t14-,15?,16?,17+,18-,19-,20-,21-/m0/s1. The van der Waals surface area contributed by atoms with Crippen molar-refractivity contribution in [2.45, 2.75) is 62.1 Å². The van der Waals surface area contributed by atoms with Crippen molar-refractivity contribution in [1.29, 1.82) is 0 Å². The molecule has 0 aromatic rings. The fourth-order valence-corrected chi connectivity index (χ4v) is 8.25. The third-order valence-electron chi connectivity index (χ3n) is 8.22. The number of hydrogen-bond acceptors (Lipinski definition) is 4. The lowest BCUT2D eigenvalue weighted by molar-refractivity contribution is -0.173. The van der Waals surface area contributed by atoms with Crippen molar-refractivity contribution < 1.29 is 19.8 Å². The van der Waals surface area contributed by atoms with E-state index in [0.717, 1.165) is 18.4 Å². The number of carbonyl (C=O) groups excluding carboxylic acids is 2. The van der Waals surface area contributed by atoms with E-state index in [0.29, 0.717) is 12.8 Å². The fourth-order valence-electron chi connectivity index (χ4n) is 6.82. The van der Waals surface area contributed by atoms with Crippen molar-refractivity contribution in [3.8, 4) is 0 Å². The highest BCUT2D eigenvalue weighted by Crippen LogP contribution is 2.67. The minimum absolute atomic E-state index is 0.0149. The van der Waals surface area contributed by atoms with Gasteiger partial charge in [-0.15, -0.1) is 0 Å². The van der Waals surface area contributed by atoms with Crippen LogP contribution in [0.4, 0.5) is 0 Å². The summed E-state index contributed by atoms with van der Waals surface area (Å²) in [6, 6.07) is 0. The number of ketones is 2. The van der Waals surface area contributed by atoms with Crippen molar-refractivity contribution in [2.24, 2.45) is 28.6 Å². The molecule has 0 spiro atoms. The summed E-state index contributed by atoms with van der Waals surface area (Å²) in [5.74, 6) is 0.292. The minimum atomic E-state index is -1.34. The topological polar surface area (TPSA) is 74.6 Å². The maximum atomic E-state index is 12.3. The van der Waals surface area contributed by atoms with Crippen molar-refractivity contribution >= 4 is 34.2 Å². The Labute approximate surface area is 168 Å². The highest BCUT2D eigenvalue weighted by molar-refractivity contribution is 14.1. The van der Waals surface area contributed by atoms with Crippen LogP contribution in [0.25, 0.3) is 0 Å². The second kappa shape index (κ2) is 5.74. The largest absolute Gasteiger partial charge is 0.393 e.